The van der Waals surface area contributed by atoms with Gasteiger partial charge in [0, 0.05) is 12.6 Å². The van der Waals surface area contributed by atoms with Gasteiger partial charge in [0.25, 0.3) is 5.91 Å². The lowest BCUT2D eigenvalue weighted by molar-refractivity contribution is 0.0716. The van der Waals surface area contributed by atoms with E-state index in [0.717, 1.165) is 19.4 Å². The molecule has 92 valence electrons. The summed E-state index contributed by atoms with van der Waals surface area (Å²) in [6.07, 6.45) is 5.05. The normalized spacial score (nSPS) is 15.1. The molecule has 0 atom stereocenters. The van der Waals surface area contributed by atoms with Gasteiger partial charge in [-0.2, -0.15) is 0 Å². The molecule has 17 heavy (non-hydrogen) atoms. The second-order valence-electron chi connectivity index (χ2n) is 4.81. The van der Waals surface area contributed by atoms with E-state index in [1.165, 1.54) is 12.4 Å². The third-order valence-electron chi connectivity index (χ3n) is 2.65. The summed E-state index contributed by atoms with van der Waals surface area (Å²) < 4.78 is 0. The Morgan fingerprint density at radius 3 is 2.65 bits per heavy atom. The number of nitrogens with zero attached hydrogens (tertiary/aromatic N) is 3. The molecule has 1 aromatic rings. The lowest BCUT2D eigenvalue weighted by atomic mass is 10.2. The summed E-state index contributed by atoms with van der Waals surface area (Å²) in [5.74, 6) is 0.421. The molecule has 0 unspecified atom stereocenters. The lowest BCUT2D eigenvalue weighted by Crippen LogP contribution is -2.36. The van der Waals surface area contributed by atoms with E-state index >= 15 is 0 Å². The van der Waals surface area contributed by atoms with Crippen molar-refractivity contribution in [2.45, 2.75) is 32.7 Å². The Morgan fingerprint density at radius 2 is 2.18 bits per heavy atom. The fourth-order valence-corrected chi connectivity index (χ4v) is 1.84. The number of halogens is 1. The van der Waals surface area contributed by atoms with Crippen molar-refractivity contribution in [3.05, 3.63) is 23.2 Å². The highest BCUT2D eigenvalue weighted by atomic mass is 35.5. The molecule has 1 aromatic heterocycles. The van der Waals surface area contributed by atoms with Crippen molar-refractivity contribution < 1.29 is 4.79 Å². The monoisotopic (exact) mass is 253 g/mol. The van der Waals surface area contributed by atoms with E-state index < -0.39 is 0 Å². The second-order valence-corrected chi connectivity index (χ2v) is 5.19. The van der Waals surface area contributed by atoms with Crippen LogP contribution in [0, 0.1) is 5.92 Å². The highest BCUT2D eigenvalue weighted by Crippen LogP contribution is 2.28. The van der Waals surface area contributed by atoms with Crippen molar-refractivity contribution in [1.29, 1.82) is 0 Å². The van der Waals surface area contributed by atoms with Crippen LogP contribution in [0.25, 0.3) is 0 Å². The maximum Gasteiger partial charge on any atom is 0.274 e. The van der Waals surface area contributed by atoms with Gasteiger partial charge in [-0.15, -0.1) is 0 Å². The molecule has 0 aliphatic heterocycles. The first-order valence-corrected chi connectivity index (χ1v) is 6.24. The summed E-state index contributed by atoms with van der Waals surface area (Å²) in [4.78, 5) is 22.1. The minimum Gasteiger partial charge on any atom is -0.334 e. The van der Waals surface area contributed by atoms with E-state index in [9.17, 15) is 4.79 Å². The van der Waals surface area contributed by atoms with E-state index in [-0.39, 0.29) is 5.91 Å². The van der Waals surface area contributed by atoms with Gasteiger partial charge >= 0.3 is 0 Å². The standard InChI is InChI=1S/C12H16ClN3O/c1-8(2)7-16(9-3-4-9)12(17)10-5-15-11(13)6-14-10/h5-6,8-9H,3-4,7H2,1-2H3. The number of hydrogen-bond donors (Lipinski definition) is 0. The minimum absolute atomic E-state index is 0.0367. The van der Waals surface area contributed by atoms with Crippen molar-refractivity contribution in [3.8, 4) is 0 Å². The fraction of sp³-hybridized carbons (Fsp3) is 0.583. The molecule has 1 aliphatic carbocycles. The predicted octanol–water partition coefficient (Wildman–Crippen LogP) is 2.39. The maximum atomic E-state index is 12.3. The SMILES string of the molecule is CC(C)CN(C(=O)c1cnc(Cl)cn1)C1CC1. The Labute approximate surface area is 106 Å². The number of rotatable bonds is 4. The van der Waals surface area contributed by atoms with Crippen LogP contribution in [0.5, 0.6) is 0 Å². The van der Waals surface area contributed by atoms with E-state index in [2.05, 4.69) is 23.8 Å². The number of hydrogen-bond acceptors (Lipinski definition) is 3. The number of carbonyl (C=O) groups is 1. The zero-order chi connectivity index (χ0) is 12.4. The Hall–Kier alpha value is -1.16. The van der Waals surface area contributed by atoms with Crippen molar-refractivity contribution >= 4 is 17.5 Å². The van der Waals surface area contributed by atoms with Gasteiger partial charge in [-0.3, -0.25) is 4.79 Å². The summed E-state index contributed by atoms with van der Waals surface area (Å²) >= 11 is 5.66. The molecular formula is C12H16ClN3O. The summed E-state index contributed by atoms with van der Waals surface area (Å²) in [7, 11) is 0. The molecule has 0 aromatic carbocycles. The number of amides is 1. The first-order valence-electron chi connectivity index (χ1n) is 5.86. The molecule has 0 saturated heterocycles. The largest absolute Gasteiger partial charge is 0.334 e. The van der Waals surface area contributed by atoms with Crippen LogP contribution in [0.1, 0.15) is 37.2 Å². The van der Waals surface area contributed by atoms with Gasteiger partial charge in [-0.05, 0) is 18.8 Å². The molecule has 4 nitrogen and oxygen atoms in total. The van der Waals surface area contributed by atoms with Crippen molar-refractivity contribution in [2.75, 3.05) is 6.54 Å². The number of aromatic nitrogens is 2. The van der Waals surface area contributed by atoms with Crippen LogP contribution in [0.4, 0.5) is 0 Å². The molecule has 1 aliphatic rings. The molecule has 0 spiro atoms. The van der Waals surface area contributed by atoms with Crippen LogP contribution >= 0.6 is 11.6 Å². The Balaban J connectivity index is 2.12. The quantitative estimate of drug-likeness (QED) is 0.828. The van der Waals surface area contributed by atoms with Gasteiger partial charge in [0.2, 0.25) is 0 Å². The highest BCUT2D eigenvalue weighted by Gasteiger charge is 2.33. The van der Waals surface area contributed by atoms with Crippen molar-refractivity contribution in [1.82, 2.24) is 14.9 Å². The van der Waals surface area contributed by atoms with Crippen LogP contribution in [-0.4, -0.2) is 33.4 Å². The molecule has 1 fully saturated rings. The summed E-state index contributed by atoms with van der Waals surface area (Å²) in [5, 5.41) is 0.309. The average Bonchev–Trinajstić information content (AvgIpc) is 3.09. The van der Waals surface area contributed by atoms with Gasteiger partial charge < -0.3 is 4.90 Å². The van der Waals surface area contributed by atoms with Gasteiger partial charge in [0.15, 0.2) is 0 Å². The Bertz CT molecular complexity index is 401. The average molecular weight is 254 g/mol. The van der Waals surface area contributed by atoms with Crippen LogP contribution in [0.2, 0.25) is 5.15 Å². The van der Waals surface area contributed by atoms with E-state index in [0.29, 0.717) is 22.8 Å². The molecule has 0 bridgehead atoms. The van der Waals surface area contributed by atoms with E-state index in [4.69, 9.17) is 11.6 Å². The first kappa shape index (κ1) is 12.3. The van der Waals surface area contributed by atoms with Crippen LogP contribution in [0.3, 0.4) is 0 Å². The predicted molar refractivity (Wildman–Crippen MR) is 65.9 cm³/mol. The van der Waals surface area contributed by atoms with Crippen LogP contribution in [-0.2, 0) is 0 Å². The van der Waals surface area contributed by atoms with E-state index in [1.807, 2.05) is 4.90 Å². The Kier molecular flexibility index (Phi) is 3.62. The molecule has 1 heterocycles. The van der Waals surface area contributed by atoms with Gasteiger partial charge in [0.05, 0.1) is 12.4 Å². The molecule has 1 amide bonds. The van der Waals surface area contributed by atoms with Gasteiger partial charge in [0.1, 0.15) is 10.8 Å². The highest BCUT2D eigenvalue weighted by molar-refractivity contribution is 6.29. The minimum atomic E-state index is -0.0367. The molecule has 1 saturated carbocycles. The van der Waals surface area contributed by atoms with E-state index in [1.54, 1.807) is 0 Å². The van der Waals surface area contributed by atoms with Crippen molar-refractivity contribution in [2.24, 2.45) is 5.92 Å². The molecular weight excluding hydrogens is 238 g/mol. The number of carbonyl (C=O) groups excluding carboxylic acids is 1. The third-order valence-corrected chi connectivity index (χ3v) is 2.84. The van der Waals surface area contributed by atoms with Crippen molar-refractivity contribution in [3.63, 3.8) is 0 Å². The van der Waals surface area contributed by atoms with Gasteiger partial charge in [-0.25, -0.2) is 9.97 Å². The second kappa shape index (κ2) is 5.00. The summed E-state index contributed by atoms with van der Waals surface area (Å²) in [6.45, 7) is 4.99. The molecule has 2 rings (SSSR count). The first-order chi connectivity index (χ1) is 8.08. The van der Waals surface area contributed by atoms with Crippen LogP contribution in [0.15, 0.2) is 12.4 Å². The fourth-order valence-electron chi connectivity index (χ4n) is 1.75. The maximum absolute atomic E-state index is 12.3. The zero-order valence-corrected chi connectivity index (χ0v) is 10.8. The van der Waals surface area contributed by atoms with Gasteiger partial charge in [-0.1, -0.05) is 25.4 Å². The summed E-state index contributed by atoms with van der Waals surface area (Å²) in [5.41, 5.74) is 0.377. The smallest absolute Gasteiger partial charge is 0.274 e. The van der Waals surface area contributed by atoms with Crippen LogP contribution < -0.4 is 0 Å². The molecule has 0 N–H and O–H groups in total. The lowest BCUT2D eigenvalue weighted by Gasteiger charge is -2.23. The third kappa shape index (κ3) is 3.16. The molecule has 0 radical (unpaired) electrons. The molecule has 5 heteroatoms. The summed E-state index contributed by atoms with van der Waals surface area (Å²) in [6, 6.07) is 0.391. The Morgan fingerprint density at radius 1 is 1.47 bits per heavy atom. The zero-order valence-electron chi connectivity index (χ0n) is 10.1. The topological polar surface area (TPSA) is 46.1 Å².